The van der Waals surface area contributed by atoms with Gasteiger partial charge in [0.25, 0.3) is 0 Å². The van der Waals surface area contributed by atoms with E-state index in [-0.39, 0.29) is 16.5 Å². The quantitative estimate of drug-likeness (QED) is 0.598. The van der Waals surface area contributed by atoms with Crippen LogP contribution < -0.4 is 10.5 Å². The van der Waals surface area contributed by atoms with Crippen molar-refractivity contribution in [3.05, 3.63) is 29.3 Å². The van der Waals surface area contributed by atoms with Crippen LogP contribution in [0.3, 0.4) is 0 Å². The number of primary sulfonamides is 1. The minimum Gasteiger partial charge on any atom is -0.478 e. The van der Waals surface area contributed by atoms with Gasteiger partial charge in [0, 0.05) is 6.04 Å². The van der Waals surface area contributed by atoms with Gasteiger partial charge in [-0.2, -0.15) is 0 Å². The summed E-state index contributed by atoms with van der Waals surface area (Å²) < 4.78 is 22.9. The number of carboxylic acids is 1. The van der Waals surface area contributed by atoms with Gasteiger partial charge in [-0.15, -0.1) is 0 Å². The zero-order chi connectivity index (χ0) is 16.8. The lowest BCUT2D eigenvalue weighted by molar-refractivity contribution is 0.0695. The Morgan fingerprint density at radius 1 is 1.36 bits per heavy atom. The van der Waals surface area contributed by atoms with Crippen LogP contribution in [0.4, 0.5) is 0 Å². The molecule has 1 atom stereocenters. The molecular formula is C15H24N2O4S. The summed E-state index contributed by atoms with van der Waals surface area (Å²) in [4.78, 5) is 11.3. The van der Waals surface area contributed by atoms with Crippen LogP contribution in [0.25, 0.3) is 0 Å². The average Bonchev–Trinajstić information content (AvgIpc) is 2.45. The molecule has 1 unspecified atom stereocenters. The molecule has 1 rings (SSSR count). The van der Waals surface area contributed by atoms with E-state index in [9.17, 15) is 18.3 Å². The first-order valence-corrected chi connectivity index (χ1v) is 8.96. The molecule has 0 aliphatic rings. The predicted octanol–water partition coefficient (Wildman–Crippen LogP) is 1.74. The third kappa shape index (κ3) is 5.40. The minimum absolute atomic E-state index is 0.0593. The Kier molecular flexibility index (Phi) is 6.99. The lowest BCUT2D eigenvalue weighted by Gasteiger charge is -2.18. The van der Waals surface area contributed by atoms with Gasteiger partial charge in [0.05, 0.1) is 10.5 Å². The highest BCUT2D eigenvalue weighted by molar-refractivity contribution is 7.89. The predicted molar refractivity (Wildman–Crippen MR) is 85.5 cm³/mol. The van der Waals surface area contributed by atoms with E-state index in [0.29, 0.717) is 12.0 Å². The number of aromatic carboxylic acids is 1. The van der Waals surface area contributed by atoms with Gasteiger partial charge in [-0.05, 0) is 49.6 Å². The molecular weight excluding hydrogens is 304 g/mol. The van der Waals surface area contributed by atoms with Crippen molar-refractivity contribution >= 4 is 16.0 Å². The summed E-state index contributed by atoms with van der Waals surface area (Å²) in [5.74, 6) is -1.07. The summed E-state index contributed by atoms with van der Waals surface area (Å²) >= 11 is 0. The molecule has 4 N–H and O–H groups in total. The second-order valence-electron chi connectivity index (χ2n) is 5.29. The molecule has 0 saturated heterocycles. The van der Waals surface area contributed by atoms with Crippen LogP contribution in [0, 0.1) is 0 Å². The standard InChI is InChI=1S/C15H24N2O4S/c1-3-5-8-17-12(4-2)9-11-10-13(22(16,20)21)6-7-14(11)15(18)19/h6-7,10,12,17H,3-5,8-9H2,1-2H3,(H,18,19)(H2,16,20,21). The SMILES string of the molecule is CCCCNC(CC)Cc1cc(S(N)(=O)=O)ccc1C(=O)O. The number of hydrogen-bond acceptors (Lipinski definition) is 4. The molecule has 0 aliphatic heterocycles. The zero-order valence-corrected chi connectivity index (χ0v) is 13.8. The Hall–Kier alpha value is -1.44. The number of sulfonamides is 1. The maximum atomic E-state index is 11.4. The first-order chi connectivity index (χ1) is 10.3. The van der Waals surface area contributed by atoms with Crippen LogP contribution >= 0.6 is 0 Å². The molecule has 22 heavy (non-hydrogen) atoms. The van der Waals surface area contributed by atoms with Crippen molar-refractivity contribution in [1.29, 1.82) is 0 Å². The van der Waals surface area contributed by atoms with Gasteiger partial charge < -0.3 is 10.4 Å². The fourth-order valence-corrected chi connectivity index (χ4v) is 2.80. The second-order valence-corrected chi connectivity index (χ2v) is 6.85. The number of carboxylic acid groups (broad SMARTS) is 1. The highest BCUT2D eigenvalue weighted by Crippen LogP contribution is 2.18. The smallest absolute Gasteiger partial charge is 0.335 e. The van der Waals surface area contributed by atoms with Crippen LogP contribution in [0.5, 0.6) is 0 Å². The van der Waals surface area contributed by atoms with E-state index in [2.05, 4.69) is 12.2 Å². The summed E-state index contributed by atoms with van der Waals surface area (Å²) in [7, 11) is -3.84. The van der Waals surface area contributed by atoms with E-state index in [1.54, 1.807) is 0 Å². The van der Waals surface area contributed by atoms with Gasteiger partial charge in [0.15, 0.2) is 0 Å². The summed E-state index contributed by atoms with van der Waals surface area (Å²) in [5, 5.41) is 17.8. The van der Waals surface area contributed by atoms with Gasteiger partial charge in [0.1, 0.15) is 0 Å². The maximum Gasteiger partial charge on any atom is 0.335 e. The molecule has 6 nitrogen and oxygen atoms in total. The number of nitrogens with two attached hydrogens (primary N) is 1. The number of unbranched alkanes of at least 4 members (excludes halogenated alkanes) is 1. The number of hydrogen-bond donors (Lipinski definition) is 3. The highest BCUT2D eigenvalue weighted by Gasteiger charge is 2.18. The van der Waals surface area contributed by atoms with Crippen LogP contribution in [0.15, 0.2) is 23.1 Å². The molecule has 0 aromatic heterocycles. The molecule has 0 saturated carbocycles. The highest BCUT2D eigenvalue weighted by atomic mass is 32.2. The molecule has 0 amide bonds. The molecule has 0 bridgehead atoms. The first-order valence-electron chi connectivity index (χ1n) is 7.42. The molecule has 0 radical (unpaired) electrons. The zero-order valence-electron chi connectivity index (χ0n) is 13.0. The van der Waals surface area contributed by atoms with Gasteiger partial charge in [0.2, 0.25) is 10.0 Å². The van der Waals surface area contributed by atoms with Gasteiger partial charge in [-0.1, -0.05) is 20.3 Å². The van der Waals surface area contributed by atoms with E-state index in [0.717, 1.165) is 25.8 Å². The second kappa shape index (κ2) is 8.26. The van der Waals surface area contributed by atoms with Crippen molar-refractivity contribution in [2.45, 2.75) is 50.5 Å². The third-order valence-electron chi connectivity index (χ3n) is 3.56. The van der Waals surface area contributed by atoms with E-state index in [4.69, 9.17) is 5.14 Å². The Bertz CT molecular complexity index is 614. The monoisotopic (exact) mass is 328 g/mol. The summed E-state index contributed by atoms with van der Waals surface area (Å²) in [6.07, 6.45) is 3.39. The first kappa shape index (κ1) is 18.6. The molecule has 0 heterocycles. The van der Waals surface area contributed by atoms with E-state index in [1.165, 1.54) is 18.2 Å². The Morgan fingerprint density at radius 2 is 2.05 bits per heavy atom. The average molecular weight is 328 g/mol. The molecule has 7 heteroatoms. The van der Waals surface area contributed by atoms with Crippen molar-refractivity contribution < 1.29 is 18.3 Å². The maximum absolute atomic E-state index is 11.4. The lowest BCUT2D eigenvalue weighted by Crippen LogP contribution is -2.32. The van der Waals surface area contributed by atoms with Crippen molar-refractivity contribution in [2.75, 3.05) is 6.54 Å². The number of nitrogens with one attached hydrogen (secondary N) is 1. The normalized spacial score (nSPS) is 13.0. The van der Waals surface area contributed by atoms with Crippen LogP contribution in [-0.4, -0.2) is 32.1 Å². The fraction of sp³-hybridized carbons (Fsp3) is 0.533. The Labute approximate surface area is 131 Å². The summed E-state index contributed by atoms with van der Waals surface area (Å²) in [6.45, 7) is 4.96. The number of carbonyl (C=O) groups is 1. The van der Waals surface area contributed by atoms with E-state index >= 15 is 0 Å². The topological polar surface area (TPSA) is 109 Å². The van der Waals surface area contributed by atoms with Gasteiger partial charge >= 0.3 is 5.97 Å². The molecule has 1 aromatic rings. The summed E-state index contributed by atoms with van der Waals surface area (Å²) in [6, 6.07) is 3.99. The minimum atomic E-state index is -3.84. The van der Waals surface area contributed by atoms with Crippen molar-refractivity contribution in [1.82, 2.24) is 5.32 Å². The molecule has 0 fully saturated rings. The van der Waals surface area contributed by atoms with Crippen molar-refractivity contribution in [3.8, 4) is 0 Å². The fourth-order valence-electron chi connectivity index (χ4n) is 2.23. The number of rotatable bonds is 9. The van der Waals surface area contributed by atoms with Gasteiger partial charge in [-0.3, -0.25) is 0 Å². The largest absolute Gasteiger partial charge is 0.478 e. The Balaban J connectivity index is 3.05. The van der Waals surface area contributed by atoms with Gasteiger partial charge in [-0.25, -0.2) is 18.4 Å². The van der Waals surface area contributed by atoms with Crippen LogP contribution in [0.2, 0.25) is 0 Å². The molecule has 0 aliphatic carbocycles. The van der Waals surface area contributed by atoms with Crippen molar-refractivity contribution in [3.63, 3.8) is 0 Å². The summed E-state index contributed by atoms with van der Waals surface area (Å²) in [5.41, 5.74) is 0.595. The van der Waals surface area contributed by atoms with E-state index in [1.807, 2.05) is 6.92 Å². The molecule has 124 valence electrons. The van der Waals surface area contributed by atoms with E-state index < -0.39 is 16.0 Å². The Morgan fingerprint density at radius 3 is 2.55 bits per heavy atom. The number of benzene rings is 1. The van der Waals surface area contributed by atoms with Crippen molar-refractivity contribution in [2.24, 2.45) is 5.14 Å². The van der Waals surface area contributed by atoms with Crippen LogP contribution in [0.1, 0.15) is 49.0 Å². The molecule has 1 aromatic carbocycles. The molecule has 0 spiro atoms. The van der Waals surface area contributed by atoms with Crippen LogP contribution in [-0.2, 0) is 16.4 Å². The lowest BCUT2D eigenvalue weighted by atomic mass is 9.98. The third-order valence-corrected chi connectivity index (χ3v) is 4.47.